The first-order valence-electron chi connectivity index (χ1n) is 6.29. The minimum Gasteiger partial charge on any atom is -0.388 e. The van der Waals surface area contributed by atoms with Crippen LogP contribution in [-0.4, -0.2) is 14.9 Å². The highest BCUT2D eigenvalue weighted by Crippen LogP contribution is 2.33. The summed E-state index contributed by atoms with van der Waals surface area (Å²) in [5, 5.41) is 16.2. The van der Waals surface area contributed by atoms with Crippen LogP contribution in [0.2, 0.25) is 15.1 Å². The Balaban J connectivity index is 2.35. The minimum absolute atomic E-state index is 0.316. The normalized spacial score (nSPS) is 12.7. The predicted molar refractivity (Wildman–Crippen MR) is 82.8 cm³/mol. The van der Waals surface area contributed by atoms with Gasteiger partial charge in [-0.1, -0.05) is 40.9 Å². The lowest BCUT2D eigenvalue weighted by atomic mass is 10.0. The van der Waals surface area contributed by atoms with Crippen molar-refractivity contribution in [2.75, 3.05) is 0 Å². The maximum absolute atomic E-state index is 10.4. The predicted octanol–water partition coefficient (Wildman–Crippen LogP) is 4.45. The zero-order valence-electron chi connectivity index (χ0n) is 11.2. The molecular formula is C14H15Cl3N2O. The van der Waals surface area contributed by atoms with E-state index >= 15 is 0 Å². The van der Waals surface area contributed by atoms with E-state index in [1.807, 2.05) is 13.8 Å². The number of nitrogens with zero attached hydrogens (tertiary/aromatic N) is 2. The summed E-state index contributed by atoms with van der Waals surface area (Å²) in [7, 11) is 0. The van der Waals surface area contributed by atoms with Crippen LogP contribution < -0.4 is 0 Å². The number of benzene rings is 1. The summed E-state index contributed by atoms with van der Waals surface area (Å²) in [6.45, 7) is 4.50. The van der Waals surface area contributed by atoms with Crippen LogP contribution in [0.3, 0.4) is 0 Å². The second kappa shape index (κ2) is 6.35. The lowest BCUT2D eigenvalue weighted by Crippen LogP contribution is -2.09. The summed E-state index contributed by atoms with van der Waals surface area (Å²) >= 11 is 18.5. The van der Waals surface area contributed by atoms with Crippen molar-refractivity contribution in [2.24, 2.45) is 0 Å². The van der Waals surface area contributed by atoms with Crippen molar-refractivity contribution in [1.29, 1.82) is 0 Å². The van der Waals surface area contributed by atoms with E-state index in [2.05, 4.69) is 5.10 Å². The fourth-order valence-electron chi connectivity index (χ4n) is 2.18. The zero-order valence-corrected chi connectivity index (χ0v) is 13.5. The molecule has 0 aliphatic heterocycles. The summed E-state index contributed by atoms with van der Waals surface area (Å²) in [4.78, 5) is 0. The molecule has 0 spiro atoms. The molecule has 1 unspecified atom stereocenters. The Morgan fingerprint density at radius 2 is 1.85 bits per heavy atom. The van der Waals surface area contributed by atoms with E-state index in [0.717, 1.165) is 11.4 Å². The molecule has 0 amide bonds. The molecule has 0 bridgehead atoms. The molecule has 1 aromatic heterocycles. The lowest BCUT2D eigenvalue weighted by molar-refractivity contribution is 0.175. The number of hydrogen-bond donors (Lipinski definition) is 1. The highest BCUT2D eigenvalue weighted by molar-refractivity contribution is 6.36. The Hall–Kier alpha value is -0.740. The molecule has 3 nitrogen and oxygen atoms in total. The molecule has 108 valence electrons. The Labute approximate surface area is 133 Å². The summed E-state index contributed by atoms with van der Waals surface area (Å²) < 4.78 is 1.78. The molecule has 1 atom stereocenters. The summed E-state index contributed by atoms with van der Waals surface area (Å²) in [6, 6.07) is 5.15. The fourth-order valence-corrected chi connectivity index (χ4v) is 3.04. The number of aliphatic hydroxyl groups excluding tert-OH is 1. The van der Waals surface area contributed by atoms with Gasteiger partial charge in [0.15, 0.2) is 0 Å². The largest absolute Gasteiger partial charge is 0.388 e. The SMILES string of the molecule is CCn1nc(C)c(Cl)c1CC(O)c1c(Cl)cccc1Cl. The molecule has 2 aromatic rings. The molecular weight excluding hydrogens is 319 g/mol. The summed E-state index contributed by atoms with van der Waals surface area (Å²) in [5.41, 5.74) is 2.06. The van der Waals surface area contributed by atoms with Crippen LogP contribution in [0.15, 0.2) is 18.2 Å². The van der Waals surface area contributed by atoms with Crippen LogP contribution >= 0.6 is 34.8 Å². The number of rotatable bonds is 4. The van der Waals surface area contributed by atoms with E-state index in [1.54, 1.807) is 22.9 Å². The minimum atomic E-state index is -0.824. The van der Waals surface area contributed by atoms with Gasteiger partial charge in [-0.3, -0.25) is 4.68 Å². The van der Waals surface area contributed by atoms with Crippen molar-refractivity contribution in [3.05, 3.63) is 50.2 Å². The first kappa shape index (κ1) is 15.6. The van der Waals surface area contributed by atoms with Crippen LogP contribution in [0.25, 0.3) is 0 Å². The van der Waals surface area contributed by atoms with Crippen molar-refractivity contribution in [3.63, 3.8) is 0 Å². The van der Waals surface area contributed by atoms with E-state index in [0.29, 0.717) is 33.6 Å². The Kier molecular flexibility index (Phi) is 4.97. The van der Waals surface area contributed by atoms with Crippen molar-refractivity contribution in [1.82, 2.24) is 9.78 Å². The first-order chi connectivity index (χ1) is 9.45. The van der Waals surface area contributed by atoms with Crippen LogP contribution in [0.4, 0.5) is 0 Å². The lowest BCUT2D eigenvalue weighted by Gasteiger charge is -2.15. The topological polar surface area (TPSA) is 38.0 Å². The monoisotopic (exact) mass is 332 g/mol. The molecule has 1 aromatic carbocycles. The third kappa shape index (κ3) is 2.96. The molecule has 1 N–H and O–H groups in total. The summed E-state index contributed by atoms with van der Waals surface area (Å²) in [6.07, 6.45) is -0.508. The molecule has 0 aliphatic rings. The highest BCUT2D eigenvalue weighted by Gasteiger charge is 2.21. The Morgan fingerprint density at radius 3 is 2.40 bits per heavy atom. The van der Waals surface area contributed by atoms with Gasteiger partial charge in [-0.2, -0.15) is 5.10 Å². The molecule has 0 fully saturated rings. The maximum atomic E-state index is 10.4. The van der Waals surface area contributed by atoms with Crippen LogP contribution in [0.5, 0.6) is 0 Å². The number of aromatic nitrogens is 2. The van der Waals surface area contributed by atoms with E-state index < -0.39 is 6.10 Å². The van der Waals surface area contributed by atoms with Gasteiger partial charge in [-0.05, 0) is 26.0 Å². The fraction of sp³-hybridized carbons (Fsp3) is 0.357. The molecule has 20 heavy (non-hydrogen) atoms. The smallest absolute Gasteiger partial charge is 0.0874 e. The quantitative estimate of drug-likeness (QED) is 0.897. The molecule has 0 radical (unpaired) electrons. The van der Waals surface area contributed by atoms with Crippen LogP contribution in [-0.2, 0) is 13.0 Å². The average Bonchev–Trinajstić information content (AvgIpc) is 2.66. The van der Waals surface area contributed by atoms with Gasteiger partial charge in [0, 0.05) is 28.6 Å². The van der Waals surface area contributed by atoms with Crippen molar-refractivity contribution < 1.29 is 5.11 Å². The van der Waals surface area contributed by atoms with Gasteiger partial charge in [-0.15, -0.1) is 0 Å². The van der Waals surface area contributed by atoms with Crippen molar-refractivity contribution >= 4 is 34.8 Å². The zero-order chi connectivity index (χ0) is 14.9. The third-order valence-electron chi connectivity index (χ3n) is 3.17. The number of halogens is 3. The highest BCUT2D eigenvalue weighted by atomic mass is 35.5. The second-order valence-corrected chi connectivity index (χ2v) is 5.71. The third-order valence-corrected chi connectivity index (χ3v) is 4.32. The van der Waals surface area contributed by atoms with E-state index in [9.17, 15) is 5.11 Å². The second-order valence-electron chi connectivity index (χ2n) is 4.52. The Bertz CT molecular complexity index is 605. The standard InChI is InChI=1S/C14H15Cl3N2O/c1-3-19-11(14(17)8(2)18-19)7-12(20)13-9(15)5-4-6-10(13)16/h4-6,12,20H,3,7H2,1-2H3. The van der Waals surface area contributed by atoms with Gasteiger partial charge >= 0.3 is 0 Å². The van der Waals surface area contributed by atoms with Gasteiger partial charge in [0.05, 0.1) is 22.5 Å². The molecule has 1 heterocycles. The molecule has 0 saturated heterocycles. The van der Waals surface area contributed by atoms with Gasteiger partial charge in [0.1, 0.15) is 0 Å². The number of aliphatic hydroxyl groups is 1. The van der Waals surface area contributed by atoms with Crippen LogP contribution in [0, 0.1) is 6.92 Å². The van der Waals surface area contributed by atoms with E-state index in [4.69, 9.17) is 34.8 Å². The van der Waals surface area contributed by atoms with Gasteiger partial charge in [-0.25, -0.2) is 0 Å². The Morgan fingerprint density at radius 1 is 1.25 bits per heavy atom. The molecule has 2 rings (SSSR count). The summed E-state index contributed by atoms with van der Waals surface area (Å²) in [5.74, 6) is 0. The van der Waals surface area contributed by atoms with E-state index in [-0.39, 0.29) is 0 Å². The number of hydrogen-bond acceptors (Lipinski definition) is 2. The van der Waals surface area contributed by atoms with Gasteiger partial charge in [0.2, 0.25) is 0 Å². The number of aryl methyl sites for hydroxylation is 2. The van der Waals surface area contributed by atoms with Gasteiger partial charge < -0.3 is 5.11 Å². The van der Waals surface area contributed by atoms with Crippen molar-refractivity contribution in [2.45, 2.75) is 32.9 Å². The maximum Gasteiger partial charge on any atom is 0.0874 e. The average molecular weight is 334 g/mol. The first-order valence-corrected chi connectivity index (χ1v) is 7.42. The van der Waals surface area contributed by atoms with Crippen molar-refractivity contribution in [3.8, 4) is 0 Å². The molecule has 0 aliphatic carbocycles. The molecule has 6 heteroatoms. The van der Waals surface area contributed by atoms with Gasteiger partial charge in [0.25, 0.3) is 0 Å². The molecule has 0 saturated carbocycles. The van der Waals surface area contributed by atoms with E-state index in [1.165, 1.54) is 0 Å². The van der Waals surface area contributed by atoms with Crippen LogP contribution in [0.1, 0.15) is 30.0 Å².